The molecule has 1 amide bonds. The van der Waals surface area contributed by atoms with Crippen LogP contribution in [0.25, 0.3) is 5.65 Å². The molecule has 150 valence electrons. The first-order valence-electron chi connectivity index (χ1n) is 9.61. The monoisotopic (exact) mass is 394 g/mol. The molecule has 1 aromatic carbocycles. The van der Waals surface area contributed by atoms with Gasteiger partial charge in [-0.2, -0.15) is 9.61 Å². The molecule has 0 radical (unpaired) electrons. The van der Waals surface area contributed by atoms with Crippen molar-refractivity contribution < 1.29 is 14.3 Å². The van der Waals surface area contributed by atoms with E-state index in [9.17, 15) is 4.79 Å². The number of fused-ring (bicyclic) bond motifs is 6. The van der Waals surface area contributed by atoms with E-state index in [0.29, 0.717) is 36.0 Å². The molecule has 29 heavy (non-hydrogen) atoms. The van der Waals surface area contributed by atoms with Crippen molar-refractivity contribution in [1.82, 2.24) is 19.9 Å². The number of amides is 1. The van der Waals surface area contributed by atoms with Crippen LogP contribution in [0.1, 0.15) is 28.4 Å². The summed E-state index contributed by atoms with van der Waals surface area (Å²) in [6, 6.07) is 5.74. The largest absolute Gasteiger partial charge is 0.495 e. The molecule has 2 aliphatic heterocycles. The molecular formula is C20H22N6O3. The summed E-state index contributed by atoms with van der Waals surface area (Å²) >= 11 is 0. The molecule has 4 bridgehead atoms. The van der Waals surface area contributed by atoms with Crippen molar-refractivity contribution in [1.29, 1.82) is 0 Å². The third-order valence-electron chi connectivity index (χ3n) is 5.19. The molecule has 0 aliphatic carbocycles. The second-order valence-electron chi connectivity index (χ2n) is 7.31. The number of nitrogens with zero attached hydrogens (tertiary/aromatic N) is 3. The van der Waals surface area contributed by atoms with Gasteiger partial charge >= 0.3 is 0 Å². The van der Waals surface area contributed by atoms with Gasteiger partial charge < -0.3 is 25.4 Å². The molecule has 0 saturated carbocycles. The van der Waals surface area contributed by atoms with Gasteiger partial charge in [0.25, 0.3) is 5.91 Å². The molecule has 9 nitrogen and oxygen atoms in total. The predicted octanol–water partition coefficient (Wildman–Crippen LogP) is 2.10. The van der Waals surface area contributed by atoms with Crippen LogP contribution in [-0.4, -0.2) is 46.8 Å². The number of benzene rings is 1. The summed E-state index contributed by atoms with van der Waals surface area (Å²) < 4.78 is 13.0. The third kappa shape index (κ3) is 3.03. The summed E-state index contributed by atoms with van der Waals surface area (Å²) in [5.41, 5.74) is 3.75. The standard InChI is InChI=1S/C20H22N6O3/c1-11-9-29-10-12-3-4-16(28-2)15(7-12)24-17-13-5-6-21-18(13)26-19(25-17)14(8-22-26)20(27)23-11/h3-4,7-8,11,21H,5-6,9-10H2,1-2H3,(H,23,27)(H,24,25). The third-order valence-corrected chi connectivity index (χ3v) is 5.19. The zero-order valence-electron chi connectivity index (χ0n) is 16.3. The van der Waals surface area contributed by atoms with Crippen LogP contribution in [0.15, 0.2) is 24.4 Å². The smallest absolute Gasteiger partial charge is 0.257 e. The van der Waals surface area contributed by atoms with Gasteiger partial charge in [0.2, 0.25) is 0 Å². The first-order chi connectivity index (χ1) is 14.1. The van der Waals surface area contributed by atoms with Crippen LogP contribution in [0.4, 0.5) is 17.3 Å². The van der Waals surface area contributed by atoms with Crippen LogP contribution in [0.5, 0.6) is 5.75 Å². The lowest BCUT2D eigenvalue weighted by Gasteiger charge is -2.18. The van der Waals surface area contributed by atoms with E-state index >= 15 is 0 Å². The summed E-state index contributed by atoms with van der Waals surface area (Å²) in [7, 11) is 1.64. The van der Waals surface area contributed by atoms with Crippen molar-refractivity contribution in [3.63, 3.8) is 0 Å². The topological polar surface area (TPSA) is 102 Å². The number of anilines is 3. The first-order valence-corrected chi connectivity index (χ1v) is 9.61. The Kier molecular flexibility index (Phi) is 4.24. The number of nitrogens with one attached hydrogen (secondary N) is 3. The van der Waals surface area contributed by atoms with Crippen molar-refractivity contribution in [3.05, 3.63) is 41.1 Å². The van der Waals surface area contributed by atoms with Crippen molar-refractivity contribution in [2.45, 2.75) is 26.0 Å². The lowest BCUT2D eigenvalue weighted by molar-refractivity contribution is 0.0821. The number of hydrogen-bond acceptors (Lipinski definition) is 7. The van der Waals surface area contributed by atoms with Gasteiger partial charge in [-0.3, -0.25) is 4.79 Å². The Balaban J connectivity index is 1.71. The molecule has 0 saturated heterocycles. The molecule has 1 atom stereocenters. The van der Waals surface area contributed by atoms with Gasteiger partial charge in [0.1, 0.15) is 22.9 Å². The Hall–Kier alpha value is -3.33. The maximum Gasteiger partial charge on any atom is 0.257 e. The SMILES string of the molecule is COc1ccc2cc1Nc1nc3c(cnn3c3c1CCN3)C(=O)NC(C)COC2. The first kappa shape index (κ1) is 17.7. The summed E-state index contributed by atoms with van der Waals surface area (Å²) in [6.07, 6.45) is 2.37. The fourth-order valence-corrected chi connectivity index (χ4v) is 3.78. The minimum Gasteiger partial charge on any atom is -0.495 e. The van der Waals surface area contributed by atoms with Crippen LogP contribution < -0.4 is 20.7 Å². The Labute approximate surface area is 167 Å². The van der Waals surface area contributed by atoms with E-state index < -0.39 is 0 Å². The van der Waals surface area contributed by atoms with Crippen LogP contribution in [0.3, 0.4) is 0 Å². The molecule has 3 aromatic rings. The molecule has 3 N–H and O–H groups in total. The number of carbonyl (C=O) groups is 1. The highest BCUT2D eigenvalue weighted by atomic mass is 16.5. The van der Waals surface area contributed by atoms with Gasteiger partial charge in [-0.1, -0.05) is 6.07 Å². The average molecular weight is 394 g/mol. The Morgan fingerprint density at radius 1 is 1.34 bits per heavy atom. The highest BCUT2D eigenvalue weighted by Crippen LogP contribution is 2.35. The Bertz CT molecular complexity index is 1110. The fraction of sp³-hybridized carbons (Fsp3) is 0.350. The summed E-state index contributed by atoms with van der Waals surface area (Å²) in [6.45, 7) is 3.53. The van der Waals surface area contributed by atoms with E-state index in [-0.39, 0.29) is 11.9 Å². The zero-order valence-corrected chi connectivity index (χ0v) is 16.3. The van der Waals surface area contributed by atoms with E-state index in [2.05, 4.69) is 21.0 Å². The molecular weight excluding hydrogens is 372 g/mol. The van der Waals surface area contributed by atoms with E-state index in [1.807, 2.05) is 25.1 Å². The highest BCUT2D eigenvalue weighted by molar-refractivity contribution is 6.00. The van der Waals surface area contributed by atoms with Crippen molar-refractivity contribution >= 4 is 28.9 Å². The second-order valence-corrected chi connectivity index (χ2v) is 7.31. The maximum absolute atomic E-state index is 12.8. The van der Waals surface area contributed by atoms with E-state index in [4.69, 9.17) is 14.5 Å². The van der Waals surface area contributed by atoms with Crippen LogP contribution in [-0.2, 0) is 17.8 Å². The van der Waals surface area contributed by atoms with Gasteiger partial charge in [0.05, 0.1) is 32.2 Å². The zero-order chi connectivity index (χ0) is 20.0. The fourth-order valence-electron chi connectivity index (χ4n) is 3.78. The van der Waals surface area contributed by atoms with E-state index in [1.54, 1.807) is 17.8 Å². The number of hydrogen-bond donors (Lipinski definition) is 3. The second kappa shape index (κ2) is 6.93. The molecule has 0 spiro atoms. The average Bonchev–Trinajstić information content (AvgIpc) is 3.34. The van der Waals surface area contributed by atoms with Gasteiger partial charge in [-0.15, -0.1) is 0 Å². The lowest BCUT2D eigenvalue weighted by atomic mass is 10.1. The minimum absolute atomic E-state index is 0.150. The number of aromatic nitrogens is 3. The summed E-state index contributed by atoms with van der Waals surface area (Å²) in [5, 5.41) is 14.1. The Morgan fingerprint density at radius 2 is 2.24 bits per heavy atom. The Morgan fingerprint density at radius 3 is 3.10 bits per heavy atom. The quantitative estimate of drug-likeness (QED) is 0.581. The summed E-state index contributed by atoms with van der Waals surface area (Å²) in [5.74, 6) is 2.03. The molecule has 4 heterocycles. The van der Waals surface area contributed by atoms with E-state index in [0.717, 1.165) is 35.6 Å². The van der Waals surface area contributed by atoms with Crippen molar-refractivity contribution in [2.75, 3.05) is 30.9 Å². The number of carbonyl (C=O) groups excluding carboxylic acids is 1. The summed E-state index contributed by atoms with van der Waals surface area (Å²) in [4.78, 5) is 17.6. The maximum atomic E-state index is 12.8. The molecule has 5 rings (SSSR count). The van der Waals surface area contributed by atoms with Crippen molar-refractivity contribution in [2.24, 2.45) is 0 Å². The number of rotatable bonds is 1. The van der Waals surface area contributed by atoms with Crippen LogP contribution in [0, 0.1) is 0 Å². The minimum atomic E-state index is -0.222. The van der Waals surface area contributed by atoms with Gasteiger partial charge in [0.15, 0.2) is 5.65 Å². The number of ether oxygens (including phenoxy) is 2. The normalized spacial score (nSPS) is 18.6. The lowest BCUT2D eigenvalue weighted by Crippen LogP contribution is -2.35. The molecule has 2 aliphatic rings. The molecule has 1 unspecified atom stereocenters. The highest BCUT2D eigenvalue weighted by Gasteiger charge is 2.25. The number of methoxy groups -OCH3 is 1. The molecule has 9 heteroatoms. The molecule has 0 fully saturated rings. The van der Waals surface area contributed by atoms with Crippen molar-refractivity contribution in [3.8, 4) is 5.75 Å². The molecule has 2 aromatic heterocycles. The van der Waals surface area contributed by atoms with Crippen LogP contribution >= 0.6 is 0 Å². The van der Waals surface area contributed by atoms with Gasteiger partial charge in [-0.25, -0.2) is 4.98 Å². The van der Waals surface area contributed by atoms with Gasteiger partial charge in [-0.05, 0) is 31.0 Å². The predicted molar refractivity (Wildman–Crippen MR) is 108 cm³/mol. The van der Waals surface area contributed by atoms with Crippen LogP contribution in [0.2, 0.25) is 0 Å². The van der Waals surface area contributed by atoms with E-state index in [1.165, 1.54) is 0 Å². The van der Waals surface area contributed by atoms with Gasteiger partial charge in [0, 0.05) is 18.2 Å².